The van der Waals surface area contributed by atoms with Gasteiger partial charge in [0.1, 0.15) is 0 Å². The Kier molecular flexibility index (Phi) is 6.35. The van der Waals surface area contributed by atoms with Crippen molar-refractivity contribution in [1.82, 2.24) is 10.6 Å². The van der Waals surface area contributed by atoms with Crippen LogP contribution >= 0.6 is 0 Å². The van der Waals surface area contributed by atoms with Crippen LogP contribution < -0.4 is 10.6 Å². The summed E-state index contributed by atoms with van der Waals surface area (Å²) in [6.45, 7) is 5.47. The molecule has 1 aliphatic heterocycles. The van der Waals surface area contributed by atoms with E-state index in [-0.39, 0.29) is 17.9 Å². The molecule has 1 saturated heterocycles. The van der Waals surface area contributed by atoms with Crippen molar-refractivity contribution in [2.24, 2.45) is 0 Å². The van der Waals surface area contributed by atoms with E-state index in [9.17, 15) is 9.59 Å². The molecule has 5 heteroatoms. The van der Waals surface area contributed by atoms with Gasteiger partial charge in [0.05, 0.1) is 6.10 Å². The number of rotatable bonds is 6. The molecular formula is C18H24N2O3. The first kappa shape index (κ1) is 17.2. The van der Waals surface area contributed by atoms with Crippen LogP contribution in [0.4, 0.5) is 0 Å². The smallest absolute Gasteiger partial charge is 0.251 e. The molecule has 5 nitrogen and oxygen atoms in total. The first-order valence-electron chi connectivity index (χ1n) is 7.96. The van der Waals surface area contributed by atoms with Gasteiger partial charge in [0, 0.05) is 31.3 Å². The van der Waals surface area contributed by atoms with Crippen LogP contribution in [0.5, 0.6) is 0 Å². The molecule has 0 aliphatic carbocycles. The average molecular weight is 316 g/mol. The van der Waals surface area contributed by atoms with Crippen LogP contribution in [-0.2, 0) is 16.1 Å². The van der Waals surface area contributed by atoms with Gasteiger partial charge < -0.3 is 15.4 Å². The molecule has 0 spiro atoms. The highest BCUT2D eigenvalue weighted by atomic mass is 16.5. The number of hydrogen-bond donors (Lipinski definition) is 2. The SMILES string of the molecule is CC(C)=CC(=O)NCc1cccc(C(=O)NC[C@H]2CCCO2)c1. The van der Waals surface area contributed by atoms with Crippen molar-refractivity contribution in [3.63, 3.8) is 0 Å². The third-order valence-electron chi connectivity index (χ3n) is 3.59. The third kappa shape index (κ3) is 5.87. The van der Waals surface area contributed by atoms with Gasteiger partial charge in [0.15, 0.2) is 0 Å². The zero-order chi connectivity index (χ0) is 16.7. The summed E-state index contributed by atoms with van der Waals surface area (Å²) in [5.41, 5.74) is 2.44. The minimum Gasteiger partial charge on any atom is -0.376 e. The average Bonchev–Trinajstić information content (AvgIpc) is 3.03. The Morgan fingerprint density at radius 1 is 1.30 bits per heavy atom. The van der Waals surface area contributed by atoms with Crippen LogP contribution in [0, 0.1) is 0 Å². The Bertz CT molecular complexity index is 586. The van der Waals surface area contributed by atoms with E-state index in [0.29, 0.717) is 18.7 Å². The molecule has 124 valence electrons. The fourth-order valence-corrected chi connectivity index (χ4v) is 2.44. The summed E-state index contributed by atoms with van der Waals surface area (Å²) in [6, 6.07) is 7.28. The van der Waals surface area contributed by atoms with Crippen LogP contribution in [0.15, 0.2) is 35.9 Å². The normalized spacial score (nSPS) is 16.7. The Hall–Kier alpha value is -2.14. The number of carbonyl (C=O) groups excluding carboxylic acids is 2. The van der Waals surface area contributed by atoms with Gasteiger partial charge >= 0.3 is 0 Å². The zero-order valence-corrected chi connectivity index (χ0v) is 13.7. The number of nitrogens with one attached hydrogen (secondary N) is 2. The highest BCUT2D eigenvalue weighted by Gasteiger charge is 2.16. The van der Waals surface area contributed by atoms with E-state index in [1.54, 1.807) is 18.2 Å². The van der Waals surface area contributed by atoms with Gasteiger partial charge in [-0.25, -0.2) is 0 Å². The lowest BCUT2D eigenvalue weighted by molar-refractivity contribution is -0.116. The molecule has 23 heavy (non-hydrogen) atoms. The molecule has 1 atom stereocenters. The van der Waals surface area contributed by atoms with Crippen LogP contribution in [0.25, 0.3) is 0 Å². The van der Waals surface area contributed by atoms with E-state index in [1.807, 2.05) is 26.0 Å². The molecular weight excluding hydrogens is 292 g/mol. The summed E-state index contributed by atoms with van der Waals surface area (Å²) in [7, 11) is 0. The number of benzene rings is 1. The lowest BCUT2D eigenvalue weighted by atomic mass is 10.1. The minimum atomic E-state index is -0.127. The predicted octanol–water partition coefficient (Wildman–Crippen LogP) is 2.18. The van der Waals surface area contributed by atoms with Gasteiger partial charge in [-0.05, 0) is 44.4 Å². The van der Waals surface area contributed by atoms with Crippen molar-refractivity contribution in [3.05, 3.63) is 47.0 Å². The zero-order valence-electron chi connectivity index (χ0n) is 13.7. The third-order valence-corrected chi connectivity index (χ3v) is 3.59. The van der Waals surface area contributed by atoms with Gasteiger partial charge in [-0.15, -0.1) is 0 Å². The van der Waals surface area contributed by atoms with Crippen LogP contribution in [0.3, 0.4) is 0 Å². The topological polar surface area (TPSA) is 67.4 Å². The van der Waals surface area contributed by atoms with Crippen LogP contribution in [-0.4, -0.2) is 31.1 Å². The first-order valence-corrected chi connectivity index (χ1v) is 7.96. The van der Waals surface area contributed by atoms with Crippen LogP contribution in [0.1, 0.15) is 42.6 Å². The van der Waals surface area contributed by atoms with Gasteiger partial charge in [-0.3, -0.25) is 9.59 Å². The van der Waals surface area contributed by atoms with E-state index in [0.717, 1.165) is 30.6 Å². The summed E-state index contributed by atoms with van der Waals surface area (Å²) >= 11 is 0. The number of carbonyl (C=O) groups is 2. The summed E-state index contributed by atoms with van der Waals surface area (Å²) in [5, 5.41) is 5.70. The molecule has 0 saturated carbocycles. The highest BCUT2D eigenvalue weighted by molar-refractivity contribution is 5.94. The quantitative estimate of drug-likeness (QED) is 0.791. The van der Waals surface area contributed by atoms with E-state index >= 15 is 0 Å². The van der Waals surface area contributed by atoms with Gasteiger partial charge in [0.2, 0.25) is 5.91 Å². The highest BCUT2D eigenvalue weighted by Crippen LogP contribution is 2.11. The maximum atomic E-state index is 12.2. The standard InChI is InChI=1S/C18H24N2O3/c1-13(2)9-17(21)19-11-14-5-3-6-15(10-14)18(22)20-12-16-7-4-8-23-16/h3,5-6,9-10,16H,4,7-8,11-12H2,1-2H3,(H,19,21)(H,20,22)/t16-/m1/s1. The largest absolute Gasteiger partial charge is 0.376 e. The molecule has 0 radical (unpaired) electrons. The molecule has 2 rings (SSSR count). The maximum absolute atomic E-state index is 12.2. The Morgan fingerprint density at radius 2 is 2.13 bits per heavy atom. The van der Waals surface area contributed by atoms with E-state index in [2.05, 4.69) is 10.6 Å². The van der Waals surface area contributed by atoms with E-state index < -0.39 is 0 Å². The fourth-order valence-electron chi connectivity index (χ4n) is 2.44. The van der Waals surface area contributed by atoms with Gasteiger partial charge in [-0.1, -0.05) is 17.7 Å². The van der Waals surface area contributed by atoms with Gasteiger partial charge in [0.25, 0.3) is 5.91 Å². The van der Waals surface area contributed by atoms with Crippen molar-refractivity contribution < 1.29 is 14.3 Å². The Labute approximate surface area is 137 Å². The molecule has 1 aromatic carbocycles. The first-order chi connectivity index (χ1) is 11.0. The second-order valence-corrected chi connectivity index (χ2v) is 5.98. The van der Waals surface area contributed by atoms with E-state index in [1.165, 1.54) is 0 Å². The number of amides is 2. The summed E-state index contributed by atoms with van der Waals surface area (Å²) < 4.78 is 5.49. The summed E-state index contributed by atoms with van der Waals surface area (Å²) in [4.78, 5) is 23.8. The summed E-state index contributed by atoms with van der Waals surface area (Å²) in [6.07, 6.45) is 3.74. The molecule has 2 amide bonds. The second kappa shape index (κ2) is 8.48. The number of hydrogen-bond acceptors (Lipinski definition) is 3. The molecule has 1 aliphatic rings. The molecule has 0 aromatic heterocycles. The van der Waals surface area contributed by atoms with Gasteiger partial charge in [-0.2, -0.15) is 0 Å². The fraction of sp³-hybridized carbons (Fsp3) is 0.444. The van der Waals surface area contributed by atoms with Crippen molar-refractivity contribution in [1.29, 1.82) is 0 Å². The lowest BCUT2D eigenvalue weighted by Crippen LogP contribution is -2.31. The van der Waals surface area contributed by atoms with Crippen molar-refractivity contribution in [3.8, 4) is 0 Å². The molecule has 1 heterocycles. The van der Waals surface area contributed by atoms with Crippen molar-refractivity contribution in [2.75, 3.05) is 13.2 Å². The lowest BCUT2D eigenvalue weighted by Gasteiger charge is -2.11. The Morgan fingerprint density at radius 3 is 2.83 bits per heavy atom. The van der Waals surface area contributed by atoms with E-state index in [4.69, 9.17) is 4.74 Å². The van der Waals surface area contributed by atoms with Crippen molar-refractivity contribution in [2.45, 2.75) is 39.3 Å². The maximum Gasteiger partial charge on any atom is 0.251 e. The predicted molar refractivity (Wildman–Crippen MR) is 89.0 cm³/mol. The molecule has 0 bridgehead atoms. The molecule has 1 fully saturated rings. The monoisotopic (exact) mass is 316 g/mol. The molecule has 0 unspecified atom stereocenters. The molecule has 2 N–H and O–H groups in total. The Balaban J connectivity index is 1.86. The number of ether oxygens (including phenoxy) is 1. The summed E-state index contributed by atoms with van der Waals surface area (Å²) in [5.74, 6) is -0.240. The second-order valence-electron chi connectivity index (χ2n) is 5.98. The molecule has 1 aromatic rings. The van der Waals surface area contributed by atoms with Crippen molar-refractivity contribution >= 4 is 11.8 Å². The van der Waals surface area contributed by atoms with Crippen LogP contribution in [0.2, 0.25) is 0 Å². The minimum absolute atomic E-state index is 0.113. The number of allylic oxidation sites excluding steroid dienone is 1.